The number of rotatable bonds is 8. The third-order valence-corrected chi connectivity index (χ3v) is 5.76. The molecule has 1 aliphatic heterocycles. The number of carbonyl (C=O) groups excluding carboxylic acids is 2. The van der Waals surface area contributed by atoms with Gasteiger partial charge in [-0.05, 0) is 36.8 Å². The molecule has 3 rings (SSSR count). The highest BCUT2D eigenvalue weighted by Gasteiger charge is 2.47. The number of nitro benzene ring substituents is 1. The number of carbonyl (C=O) groups is 2. The fourth-order valence-electron chi connectivity index (χ4n) is 3.54. The number of sulfone groups is 1. The summed E-state index contributed by atoms with van der Waals surface area (Å²) in [5.74, 6) is -3.46. The standard InChI is InChI=1S/C20H19FN2O8S/c1-4-31-16-9-11(5-8-15(16)30-2)14(10-32(3,28)29)22-19(24)12-6-7-13(21)18(23(26)27)17(12)20(22)25/h5-9,14H,4,10H2,1-3H3/t14-/m1/s1. The number of halogens is 1. The first kappa shape index (κ1) is 23.1. The number of benzene rings is 2. The summed E-state index contributed by atoms with van der Waals surface area (Å²) in [7, 11) is -2.34. The van der Waals surface area contributed by atoms with E-state index in [1.165, 1.54) is 25.3 Å². The highest BCUT2D eigenvalue weighted by atomic mass is 32.2. The summed E-state index contributed by atoms with van der Waals surface area (Å²) in [4.78, 5) is 37.0. The van der Waals surface area contributed by atoms with Crippen LogP contribution in [-0.4, -0.2) is 55.8 Å². The van der Waals surface area contributed by atoms with Crippen LogP contribution in [0.15, 0.2) is 30.3 Å². The van der Waals surface area contributed by atoms with Gasteiger partial charge in [0.1, 0.15) is 15.4 Å². The maximum absolute atomic E-state index is 14.1. The fraction of sp³-hybridized carbons (Fsp3) is 0.300. The van der Waals surface area contributed by atoms with Gasteiger partial charge in [0.2, 0.25) is 5.82 Å². The second kappa shape index (κ2) is 8.54. The molecule has 0 unspecified atom stereocenters. The predicted molar refractivity (Wildman–Crippen MR) is 110 cm³/mol. The van der Waals surface area contributed by atoms with Crippen molar-refractivity contribution < 1.29 is 36.8 Å². The van der Waals surface area contributed by atoms with Crippen LogP contribution in [0.3, 0.4) is 0 Å². The molecule has 32 heavy (non-hydrogen) atoms. The van der Waals surface area contributed by atoms with Crippen molar-refractivity contribution in [3.8, 4) is 11.5 Å². The molecule has 0 aromatic heterocycles. The Morgan fingerprint density at radius 1 is 1.16 bits per heavy atom. The van der Waals surface area contributed by atoms with Crippen molar-refractivity contribution in [2.45, 2.75) is 13.0 Å². The lowest BCUT2D eigenvalue weighted by Crippen LogP contribution is -2.37. The number of nitro groups is 1. The fourth-order valence-corrected chi connectivity index (χ4v) is 4.45. The van der Waals surface area contributed by atoms with Crippen molar-refractivity contribution in [2.75, 3.05) is 25.7 Å². The van der Waals surface area contributed by atoms with Gasteiger partial charge in [-0.2, -0.15) is 4.39 Å². The zero-order valence-corrected chi connectivity index (χ0v) is 18.1. The minimum absolute atomic E-state index is 0.220. The molecule has 10 nitrogen and oxygen atoms in total. The zero-order valence-electron chi connectivity index (χ0n) is 17.3. The molecule has 0 bridgehead atoms. The van der Waals surface area contributed by atoms with Crippen LogP contribution in [0.2, 0.25) is 0 Å². The SMILES string of the molecule is CCOc1cc([C@@H](CS(C)(=O)=O)N2C(=O)c3ccc(F)c([N+](=O)[O-])c3C2=O)ccc1OC. The molecule has 0 N–H and O–H groups in total. The molecule has 1 atom stereocenters. The molecule has 0 aliphatic carbocycles. The van der Waals surface area contributed by atoms with E-state index < -0.39 is 55.4 Å². The minimum atomic E-state index is -3.74. The van der Waals surface area contributed by atoms with Gasteiger partial charge >= 0.3 is 5.69 Å². The molecule has 0 saturated heterocycles. The summed E-state index contributed by atoms with van der Waals surface area (Å²) >= 11 is 0. The Labute approximate surface area is 182 Å². The highest BCUT2D eigenvalue weighted by Crippen LogP contribution is 2.39. The number of amides is 2. The molecule has 1 aliphatic rings. The van der Waals surface area contributed by atoms with E-state index in [9.17, 15) is 32.5 Å². The van der Waals surface area contributed by atoms with E-state index in [0.29, 0.717) is 10.6 Å². The summed E-state index contributed by atoms with van der Waals surface area (Å²) in [5, 5.41) is 11.4. The van der Waals surface area contributed by atoms with E-state index >= 15 is 0 Å². The van der Waals surface area contributed by atoms with Gasteiger partial charge in [-0.1, -0.05) is 6.07 Å². The van der Waals surface area contributed by atoms with E-state index in [1.807, 2.05) is 0 Å². The van der Waals surface area contributed by atoms with Gasteiger partial charge in [0.15, 0.2) is 11.5 Å². The highest BCUT2D eigenvalue weighted by molar-refractivity contribution is 7.90. The Morgan fingerprint density at radius 2 is 1.84 bits per heavy atom. The van der Waals surface area contributed by atoms with Crippen LogP contribution in [0.4, 0.5) is 10.1 Å². The molecule has 170 valence electrons. The van der Waals surface area contributed by atoms with Crippen LogP contribution in [0.1, 0.15) is 39.2 Å². The maximum Gasteiger partial charge on any atom is 0.318 e. The molecule has 0 spiro atoms. The second-order valence-electron chi connectivity index (χ2n) is 7.01. The van der Waals surface area contributed by atoms with Gasteiger partial charge in [0.05, 0.1) is 36.0 Å². The van der Waals surface area contributed by atoms with Crippen LogP contribution >= 0.6 is 0 Å². The number of hydrogen-bond donors (Lipinski definition) is 0. The number of hydrogen-bond acceptors (Lipinski definition) is 8. The van der Waals surface area contributed by atoms with Crippen molar-refractivity contribution >= 4 is 27.3 Å². The number of nitrogens with zero attached hydrogens (tertiary/aromatic N) is 2. The molecule has 2 aromatic carbocycles. The van der Waals surface area contributed by atoms with Gasteiger partial charge in [0, 0.05) is 6.26 Å². The quantitative estimate of drug-likeness (QED) is 0.329. The first-order valence-corrected chi connectivity index (χ1v) is 11.4. The third kappa shape index (κ3) is 4.13. The smallest absolute Gasteiger partial charge is 0.318 e. The summed E-state index contributed by atoms with van der Waals surface area (Å²) < 4.78 is 49.1. The van der Waals surface area contributed by atoms with Gasteiger partial charge in [-0.3, -0.25) is 24.6 Å². The number of ether oxygens (including phenoxy) is 2. The molecule has 2 aromatic rings. The Balaban J connectivity index is 2.19. The van der Waals surface area contributed by atoms with Crippen molar-refractivity contribution in [1.29, 1.82) is 0 Å². The Morgan fingerprint density at radius 3 is 2.41 bits per heavy atom. The monoisotopic (exact) mass is 466 g/mol. The Kier molecular flexibility index (Phi) is 6.17. The number of imide groups is 1. The predicted octanol–water partition coefficient (Wildman–Crippen LogP) is 2.52. The van der Waals surface area contributed by atoms with Gasteiger partial charge in [-0.25, -0.2) is 8.42 Å². The third-order valence-electron chi connectivity index (χ3n) is 4.84. The van der Waals surface area contributed by atoms with Gasteiger partial charge < -0.3 is 9.47 Å². The summed E-state index contributed by atoms with van der Waals surface area (Å²) in [6, 6.07) is 4.71. The van der Waals surface area contributed by atoms with Crippen molar-refractivity contribution in [3.63, 3.8) is 0 Å². The maximum atomic E-state index is 14.1. The Bertz CT molecular complexity index is 1230. The number of methoxy groups -OCH3 is 1. The van der Waals surface area contributed by atoms with Crippen molar-refractivity contribution in [1.82, 2.24) is 4.90 Å². The lowest BCUT2D eigenvalue weighted by molar-refractivity contribution is -0.387. The average Bonchev–Trinajstić information content (AvgIpc) is 2.95. The summed E-state index contributed by atoms with van der Waals surface area (Å²) in [5.41, 5.74) is -2.00. The molecule has 0 fully saturated rings. The second-order valence-corrected chi connectivity index (χ2v) is 9.19. The van der Waals surface area contributed by atoms with E-state index in [4.69, 9.17) is 9.47 Å². The Hall–Kier alpha value is -3.54. The molecule has 0 radical (unpaired) electrons. The summed E-state index contributed by atoms with van der Waals surface area (Å²) in [6.45, 7) is 1.98. The molecule has 1 heterocycles. The van der Waals surface area contributed by atoms with Crippen LogP contribution in [0.25, 0.3) is 0 Å². The van der Waals surface area contributed by atoms with E-state index in [1.54, 1.807) is 6.92 Å². The van der Waals surface area contributed by atoms with Gasteiger partial charge in [-0.15, -0.1) is 0 Å². The lowest BCUT2D eigenvalue weighted by atomic mass is 10.1. The molecular weight excluding hydrogens is 447 g/mol. The van der Waals surface area contributed by atoms with Crippen molar-refractivity contribution in [2.24, 2.45) is 0 Å². The topological polar surface area (TPSA) is 133 Å². The zero-order chi connectivity index (χ0) is 23.8. The first-order valence-electron chi connectivity index (χ1n) is 9.33. The lowest BCUT2D eigenvalue weighted by Gasteiger charge is -2.26. The van der Waals surface area contributed by atoms with E-state index in [-0.39, 0.29) is 23.5 Å². The molecule has 12 heteroatoms. The average molecular weight is 466 g/mol. The normalized spacial score (nSPS) is 14.3. The minimum Gasteiger partial charge on any atom is -0.493 e. The van der Waals surface area contributed by atoms with Crippen LogP contribution in [0, 0.1) is 15.9 Å². The first-order chi connectivity index (χ1) is 15.0. The van der Waals surface area contributed by atoms with Crippen LogP contribution in [0.5, 0.6) is 11.5 Å². The van der Waals surface area contributed by atoms with E-state index in [0.717, 1.165) is 18.4 Å². The number of fused-ring (bicyclic) bond motifs is 1. The van der Waals surface area contributed by atoms with Crippen LogP contribution < -0.4 is 9.47 Å². The van der Waals surface area contributed by atoms with E-state index in [2.05, 4.69) is 0 Å². The van der Waals surface area contributed by atoms with Crippen LogP contribution in [-0.2, 0) is 9.84 Å². The summed E-state index contributed by atoms with van der Waals surface area (Å²) in [6.07, 6.45) is 0.924. The molecule has 2 amide bonds. The van der Waals surface area contributed by atoms with Gasteiger partial charge in [0.25, 0.3) is 11.8 Å². The largest absolute Gasteiger partial charge is 0.493 e. The molecule has 0 saturated carbocycles. The van der Waals surface area contributed by atoms with Crippen molar-refractivity contribution in [3.05, 3.63) is 63.0 Å². The molecular formula is C20H19FN2O8S.